The summed E-state index contributed by atoms with van der Waals surface area (Å²) in [5.74, 6) is 4.07. The summed E-state index contributed by atoms with van der Waals surface area (Å²) < 4.78 is 0. The first-order chi connectivity index (χ1) is 16.1. The van der Waals surface area contributed by atoms with Crippen LogP contribution in [0.2, 0.25) is 0 Å². The minimum atomic E-state index is -0.0586. The molecular weight excluding hydrogens is 422 g/mol. The van der Waals surface area contributed by atoms with Gasteiger partial charge in [0.2, 0.25) is 5.95 Å². The van der Waals surface area contributed by atoms with Crippen molar-refractivity contribution < 1.29 is 10.2 Å². The average Bonchev–Trinajstić information content (AvgIpc) is 3.15. The summed E-state index contributed by atoms with van der Waals surface area (Å²) in [6.07, 6.45) is 12.5. The second kappa shape index (κ2) is 10.0. The summed E-state index contributed by atoms with van der Waals surface area (Å²) in [6.45, 7) is 12.5. The molecule has 1 aromatic rings. The number of nitrogen functional groups attached to an aromatic ring is 1. The fourth-order valence-corrected chi connectivity index (χ4v) is 8.90. The van der Waals surface area contributed by atoms with Crippen molar-refractivity contribution in [2.24, 2.45) is 52.3 Å². The maximum Gasteiger partial charge on any atom is 0.220 e. The Balaban J connectivity index is 1.55. The highest BCUT2D eigenvalue weighted by atomic mass is 16.3. The molecule has 4 N–H and O–H groups in total. The number of hydrogen-bond donors (Lipinski definition) is 3. The van der Waals surface area contributed by atoms with E-state index in [4.69, 9.17) is 5.73 Å². The summed E-state index contributed by atoms with van der Waals surface area (Å²) in [5.41, 5.74) is 8.31. The minimum Gasteiger partial charge on any atom is -0.396 e. The number of aromatic nitrogens is 2. The van der Waals surface area contributed by atoms with Crippen LogP contribution in [0.15, 0.2) is 6.20 Å². The van der Waals surface area contributed by atoms with Crippen LogP contribution in [0.5, 0.6) is 0 Å². The summed E-state index contributed by atoms with van der Waals surface area (Å²) in [6, 6.07) is 0. The zero-order valence-electron chi connectivity index (χ0n) is 22.3. The minimum absolute atomic E-state index is 0.0586. The van der Waals surface area contributed by atoms with Crippen LogP contribution in [0, 0.1) is 52.3 Å². The normalized spacial score (nSPS) is 38.5. The van der Waals surface area contributed by atoms with Gasteiger partial charge in [0.25, 0.3) is 0 Å². The lowest BCUT2D eigenvalue weighted by atomic mass is 9.48. The van der Waals surface area contributed by atoms with Crippen LogP contribution < -0.4 is 5.73 Å². The molecule has 5 nitrogen and oxygen atoms in total. The maximum atomic E-state index is 10.8. The Morgan fingerprint density at radius 3 is 2.44 bits per heavy atom. The Morgan fingerprint density at radius 1 is 1.03 bits per heavy atom. The lowest BCUT2D eigenvalue weighted by molar-refractivity contribution is -0.0941. The van der Waals surface area contributed by atoms with Crippen molar-refractivity contribution in [2.75, 3.05) is 18.9 Å². The fourth-order valence-electron chi connectivity index (χ4n) is 8.90. The van der Waals surface area contributed by atoms with Gasteiger partial charge in [-0.05, 0) is 96.3 Å². The molecule has 3 aliphatic carbocycles. The van der Waals surface area contributed by atoms with Gasteiger partial charge in [-0.15, -0.1) is 0 Å². The van der Waals surface area contributed by atoms with E-state index in [1.165, 1.54) is 44.1 Å². The number of hydrogen-bond acceptors (Lipinski definition) is 5. The predicted octanol–water partition coefficient (Wildman–Crippen LogP) is 5.29. The fraction of sp³-hybridized carbons (Fsp3) is 0.862. The smallest absolute Gasteiger partial charge is 0.220 e. The van der Waals surface area contributed by atoms with Crippen LogP contribution in [0.1, 0.15) is 90.8 Å². The van der Waals surface area contributed by atoms with Gasteiger partial charge in [-0.2, -0.15) is 0 Å². The quantitative estimate of drug-likeness (QED) is 0.479. The van der Waals surface area contributed by atoms with Gasteiger partial charge in [0.15, 0.2) is 0 Å². The second-order valence-electron chi connectivity index (χ2n) is 13.1. The second-order valence-corrected chi connectivity index (χ2v) is 13.1. The number of rotatable bonds is 8. The third-order valence-electron chi connectivity index (χ3n) is 10.8. The molecule has 8 atom stereocenters. The average molecular weight is 472 g/mol. The maximum absolute atomic E-state index is 10.8. The SMILES string of the molecule is CC(C)CCC[C@@H](C)[C@H]1CC[C@H]2[C@H](CO)[C@@H]([C@@]3(C)Cc4cnc(N)nc4C[C@@H]3CO)CC[C@]12C. The molecule has 192 valence electrons. The van der Waals surface area contributed by atoms with Crippen LogP contribution in [0.25, 0.3) is 0 Å². The van der Waals surface area contributed by atoms with Crippen LogP contribution in [0.3, 0.4) is 0 Å². The number of aliphatic hydroxyl groups is 2. The molecule has 0 saturated heterocycles. The molecule has 0 bridgehead atoms. The van der Waals surface area contributed by atoms with Gasteiger partial charge in [0.1, 0.15) is 0 Å². The topological polar surface area (TPSA) is 92.3 Å². The van der Waals surface area contributed by atoms with E-state index in [1.54, 1.807) is 0 Å². The Morgan fingerprint density at radius 2 is 1.76 bits per heavy atom. The van der Waals surface area contributed by atoms with Gasteiger partial charge < -0.3 is 15.9 Å². The molecule has 4 rings (SSSR count). The van der Waals surface area contributed by atoms with Crippen molar-refractivity contribution >= 4 is 5.95 Å². The number of fused-ring (bicyclic) bond motifs is 2. The Kier molecular flexibility index (Phi) is 7.65. The van der Waals surface area contributed by atoms with Crippen molar-refractivity contribution in [2.45, 2.75) is 92.4 Å². The number of anilines is 1. The van der Waals surface area contributed by atoms with E-state index < -0.39 is 0 Å². The Labute approximate surface area is 207 Å². The van der Waals surface area contributed by atoms with Crippen molar-refractivity contribution in [1.82, 2.24) is 9.97 Å². The molecule has 0 radical (unpaired) electrons. The standard InChI is InChI=1S/C29H49N3O2/c1-18(2)7-6-8-19(3)23-9-10-24-22(17-34)25(11-12-28(23,24)4)29(5)14-20-15-31-27(30)32-26(20)13-21(29)16-33/h15,18-19,21-25,33-34H,6-14,16-17H2,1-5H3,(H2,30,31,32)/t19-,21-,22+,23-,24+,25+,28-,29+/m1/s1. The number of aliphatic hydroxyl groups excluding tert-OH is 2. The molecule has 0 aliphatic heterocycles. The summed E-state index contributed by atoms with van der Waals surface area (Å²) in [5, 5.41) is 21.2. The van der Waals surface area contributed by atoms with E-state index in [0.717, 1.165) is 42.7 Å². The van der Waals surface area contributed by atoms with E-state index in [9.17, 15) is 10.2 Å². The van der Waals surface area contributed by atoms with Crippen LogP contribution >= 0.6 is 0 Å². The van der Waals surface area contributed by atoms with E-state index in [0.29, 0.717) is 29.1 Å². The van der Waals surface area contributed by atoms with Crippen molar-refractivity contribution in [3.05, 3.63) is 17.5 Å². The van der Waals surface area contributed by atoms with Gasteiger partial charge in [-0.25, -0.2) is 9.97 Å². The summed E-state index contributed by atoms with van der Waals surface area (Å²) in [4.78, 5) is 8.77. The third kappa shape index (κ3) is 4.52. The molecule has 1 aromatic heterocycles. The molecule has 0 aromatic carbocycles. The van der Waals surface area contributed by atoms with Crippen molar-refractivity contribution in [3.8, 4) is 0 Å². The molecule has 34 heavy (non-hydrogen) atoms. The molecule has 0 amide bonds. The highest BCUT2D eigenvalue weighted by Gasteiger charge is 2.58. The van der Waals surface area contributed by atoms with Gasteiger partial charge in [0.05, 0.1) is 0 Å². The largest absolute Gasteiger partial charge is 0.396 e. The summed E-state index contributed by atoms with van der Waals surface area (Å²) in [7, 11) is 0. The van der Waals surface area contributed by atoms with Gasteiger partial charge in [0, 0.05) is 25.1 Å². The molecule has 0 unspecified atom stereocenters. The number of nitrogens with two attached hydrogens (primary N) is 1. The molecular formula is C29H49N3O2. The molecule has 5 heteroatoms. The van der Waals surface area contributed by atoms with Gasteiger partial charge in [-0.3, -0.25) is 0 Å². The predicted molar refractivity (Wildman–Crippen MR) is 138 cm³/mol. The zero-order valence-corrected chi connectivity index (χ0v) is 22.3. The molecule has 2 saturated carbocycles. The van der Waals surface area contributed by atoms with Crippen LogP contribution in [0.4, 0.5) is 5.95 Å². The first-order valence-electron chi connectivity index (χ1n) is 14.0. The first kappa shape index (κ1) is 25.9. The van der Waals surface area contributed by atoms with E-state index in [-0.39, 0.29) is 24.5 Å². The Hall–Kier alpha value is -1.20. The van der Waals surface area contributed by atoms with E-state index in [2.05, 4.69) is 44.6 Å². The molecule has 1 heterocycles. The van der Waals surface area contributed by atoms with Crippen molar-refractivity contribution in [3.63, 3.8) is 0 Å². The van der Waals surface area contributed by atoms with E-state index >= 15 is 0 Å². The molecule has 0 spiro atoms. The van der Waals surface area contributed by atoms with Gasteiger partial charge in [-0.1, -0.05) is 53.9 Å². The first-order valence-corrected chi connectivity index (χ1v) is 14.0. The van der Waals surface area contributed by atoms with Crippen molar-refractivity contribution in [1.29, 1.82) is 0 Å². The molecule has 3 aliphatic rings. The highest BCUT2D eigenvalue weighted by molar-refractivity contribution is 5.30. The lowest BCUT2D eigenvalue weighted by Crippen LogP contribution is -2.53. The zero-order chi connectivity index (χ0) is 24.7. The Bertz CT molecular complexity index is 845. The lowest BCUT2D eigenvalue weighted by Gasteiger charge is -2.57. The third-order valence-corrected chi connectivity index (χ3v) is 10.8. The van der Waals surface area contributed by atoms with E-state index in [1.807, 2.05) is 6.20 Å². The monoisotopic (exact) mass is 471 g/mol. The number of nitrogens with zero attached hydrogens (tertiary/aromatic N) is 2. The highest BCUT2D eigenvalue weighted by Crippen LogP contribution is 2.64. The van der Waals surface area contributed by atoms with Gasteiger partial charge >= 0.3 is 0 Å². The van der Waals surface area contributed by atoms with Crippen LogP contribution in [-0.4, -0.2) is 33.4 Å². The molecule has 2 fully saturated rings. The van der Waals surface area contributed by atoms with Crippen LogP contribution in [-0.2, 0) is 12.8 Å². The summed E-state index contributed by atoms with van der Waals surface area (Å²) >= 11 is 0.